The van der Waals surface area contributed by atoms with E-state index in [9.17, 15) is 0 Å². The van der Waals surface area contributed by atoms with Crippen LogP contribution in [0.3, 0.4) is 0 Å². The van der Waals surface area contributed by atoms with Crippen LogP contribution in [0.1, 0.15) is 30.4 Å². The van der Waals surface area contributed by atoms with E-state index in [0.29, 0.717) is 23.5 Å². The van der Waals surface area contributed by atoms with Crippen LogP contribution in [0.4, 0.5) is 0 Å². The van der Waals surface area contributed by atoms with Gasteiger partial charge < -0.3 is 15.4 Å². The Morgan fingerprint density at radius 3 is 3.05 bits per heavy atom. The number of rotatable bonds is 5. The maximum atomic E-state index is 5.78. The highest BCUT2D eigenvalue weighted by molar-refractivity contribution is 7.80. The summed E-state index contributed by atoms with van der Waals surface area (Å²) in [5.41, 5.74) is 7.51. The van der Waals surface area contributed by atoms with Crippen LogP contribution in [-0.4, -0.2) is 41.1 Å². The van der Waals surface area contributed by atoms with E-state index < -0.39 is 0 Å². The summed E-state index contributed by atoms with van der Waals surface area (Å²) in [6.07, 6.45) is 5.28. The Kier molecular flexibility index (Phi) is 4.71. The average Bonchev–Trinajstić information content (AvgIpc) is 2.75. The largest absolute Gasteiger partial charge is 0.477 e. The molecule has 2 N–H and O–H groups in total. The van der Waals surface area contributed by atoms with Gasteiger partial charge in [0, 0.05) is 12.2 Å². The number of thiocarbonyl (C=S) groups is 1. The van der Waals surface area contributed by atoms with Crippen LogP contribution in [0.25, 0.3) is 0 Å². The SMILES string of the molecule is Cc1ccnc(OCCC2CCCN2C)c1C(N)=S. The summed E-state index contributed by atoms with van der Waals surface area (Å²) >= 11 is 5.06. The lowest BCUT2D eigenvalue weighted by Gasteiger charge is -2.19. The third-order valence-corrected chi connectivity index (χ3v) is 3.94. The topological polar surface area (TPSA) is 51.4 Å². The molecule has 1 aliphatic heterocycles. The lowest BCUT2D eigenvalue weighted by atomic mass is 10.1. The fourth-order valence-corrected chi connectivity index (χ4v) is 2.83. The van der Waals surface area contributed by atoms with Crippen LogP contribution >= 0.6 is 12.2 Å². The van der Waals surface area contributed by atoms with Gasteiger partial charge in [-0.05, 0) is 51.4 Å². The van der Waals surface area contributed by atoms with E-state index in [4.69, 9.17) is 22.7 Å². The van der Waals surface area contributed by atoms with Gasteiger partial charge in [0.05, 0.1) is 12.2 Å². The second-order valence-corrected chi connectivity index (χ2v) is 5.53. The summed E-state index contributed by atoms with van der Waals surface area (Å²) in [6, 6.07) is 2.52. The van der Waals surface area contributed by atoms with Crippen molar-refractivity contribution in [1.82, 2.24) is 9.88 Å². The van der Waals surface area contributed by atoms with E-state index in [-0.39, 0.29) is 0 Å². The zero-order valence-electron chi connectivity index (χ0n) is 11.6. The number of aromatic nitrogens is 1. The molecule has 5 heteroatoms. The summed E-state index contributed by atoms with van der Waals surface area (Å²) in [5, 5.41) is 0. The second kappa shape index (κ2) is 6.30. The van der Waals surface area contributed by atoms with Crippen molar-refractivity contribution in [3.05, 3.63) is 23.4 Å². The second-order valence-electron chi connectivity index (χ2n) is 5.09. The van der Waals surface area contributed by atoms with Gasteiger partial charge in [-0.2, -0.15) is 0 Å². The maximum absolute atomic E-state index is 5.78. The molecule has 2 rings (SSSR count). The summed E-state index contributed by atoms with van der Waals surface area (Å²) in [6.45, 7) is 3.81. The molecule has 1 aromatic rings. The zero-order valence-corrected chi connectivity index (χ0v) is 12.4. The van der Waals surface area contributed by atoms with Gasteiger partial charge in [-0.25, -0.2) is 4.98 Å². The van der Waals surface area contributed by atoms with Crippen molar-refractivity contribution in [3.8, 4) is 5.88 Å². The lowest BCUT2D eigenvalue weighted by Crippen LogP contribution is -2.26. The smallest absolute Gasteiger partial charge is 0.223 e. The molecular weight excluding hydrogens is 258 g/mol. The van der Waals surface area contributed by atoms with Crippen molar-refractivity contribution >= 4 is 17.2 Å². The maximum Gasteiger partial charge on any atom is 0.223 e. The highest BCUT2D eigenvalue weighted by Crippen LogP contribution is 2.21. The summed E-state index contributed by atoms with van der Waals surface area (Å²) in [5.74, 6) is 0.563. The number of hydrogen-bond donors (Lipinski definition) is 1. The molecule has 1 aromatic heterocycles. The standard InChI is InChI=1S/C14H21N3OS/c1-10-5-7-16-14(12(10)13(15)19)18-9-6-11-4-3-8-17(11)2/h5,7,11H,3-4,6,8-9H2,1-2H3,(H2,15,19). The number of likely N-dealkylation sites (tertiary alicyclic amines) is 1. The molecule has 1 unspecified atom stereocenters. The molecule has 1 saturated heterocycles. The minimum absolute atomic E-state index is 0.346. The van der Waals surface area contributed by atoms with Gasteiger partial charge in [0.1, 0.15) is 4.99 Å². The van der Waals surface area contributed by atoms with Crippen LogP contribution in [-0.2, 0) is 0 Å². The predicted octanol–water partition coefficient (Wildman–Crippen LogP) is 1.89. The minimum Gasteiger partial charge on any atom is -0.477 e. The fraction of sp³-hybridized carbons (Fsp3) is 0.571. The zero-order chi connectivity index (χ0) is 13.8. The molecule has 1 atom stereocenters. The van der Waals surface area contributed by atoms with Crippen LogP contribution in [0, 0.1) is 6.92 Å². The molecular formula is C14H21N3OS. The van der Waals surface area contributed by atoms with Crippen LogP contribution in [0.5, 0.6) is 5.88 Å². The van der Waals surface area contributed by atoms with Crippen LogP contribution in [0.2, 0.25) is 0 Å². The number of aryl methyl sites for hydroxylation is 1. The van der Waals surface area contributed by atoms with Crippen molar-refractivity contribution in [3.63, 3.8) is 0 Å². The highest BCUT2D eigenvalue weighted by atomic mass is 32.1. The number of pyridine rings is 1. The van der Waals surface area contributed by atoms with Gasteiger partial charge in [0.25, 0.3) is 0 Å². The van der Waals surface area contributed by atoms with Crippen molar-refractivity contribution in [2.75, 3.05) is 20.2 Å². The Morgan fingerprint density at radius 2 is 2.42 bits per heavy atom. The molecule has 1 fully saturated rings. The highest BCUT2D eigenvalue weighted by Gasteiger charge is 2.20. The molecule has 0 bridgehead atoms. The number of nitrogens with two attached hydrogens (primary N) is 1. The predicted molar refractivity (Wildman–Crippen MR) is 80.6 cm³/mol. The number of nitrogens with zero attached hydrogens (tertiary/aromatic N) is 2. The molecule has 19 heavy (non-hydrogen) atoms. The Bertz CT molecular complexity index is 464. The molecule has 0 radical (unpaired) electrons. The van der Waals surface area contributed by atoms with Gasteiger partial charge >= 0.3 is 0 Å². The quantitative estimate of drug-likeness (QED) is 0.834. The molecule has 4 nitrogen and oxygen atoms in total. The first kappa shape index (κ1) is 14.2. The van der Waals surface area contributed by atoms with E-state index >= 15 is 0 Å². The van der Waals surface area contributed by atoms with E-state index in [1.807, 2.05) is 13.0 Å². The summed E-state index contributed by atoms with van der Waals surface area (Å²) in [4.78, 5) is 6.98. The normalized spacial score (nSPS) is 19.6. The monoisotopic (exact) mass is 279 g/mol. The van der Waals surface area contributed by atoms with E-state index in [0.717, 1.165) is 17.5 Å². The average molecular weight is 279 g/mol. The van der Waals surface area contributed by atoms with Crippen molar-refractivity contribution in [2.24, 2.45) is 5.73 Å². The first-order chi connectivity index (χ1) is 9.09. The van der Waals surface area contributed by atoms with Crippen LogP contribution < -0.4 is 10.5 Å². The number of hydrogen-bond acceptors (Lipinski definition) is 4. The molecule has 0 aliphatic carbocycles. The van der Waals surface area contributed by atoms with Crippen molar-refractivity contribution < 1.29 is 4.74 Å². The minimum atomic E-state index is 0.346. The molecule has 2 heterocycles. The van der Waals surface area contributed by atoms with E-state index in [2.05, 4.69) is 16.9 Å². The summed E-state index contributed by atoms with van der Waals surface area (Å²) in [7, 11) is 2.17. The van der Waals surface area contributed by atoms with Crippen LogP contribution in [0.15, 0.2) is 12.3 Å². The third-order valence-electron chi connectivity index (χ3n) is 3.73. The first-order valence-corrected chi connectivity index (χ1v) is 7.09. The van der Waals surface area contributed by atoms with Crippen molar-refractivity contribution in [1.29, 1.82) is 0 Å². The Morgan fingerprint density at radius 1 is 1.63 bits per heavy atom. The molecule has 1 aliphatic rings. The van der Waals surface area contributed by atoms with E-state index in [1.54, 1.807) is 6.20 Å². The molecule has 0 aromatic carbocycles. The van der Waals surface area contributed by atoms with Gasteiger partial charge in [0.15, 0.2) is 0 Å². The van der Waals surface area contributed by atoms with E-state index in [1.165, 1.54) is 19.4 Å². The van der Waals surface area contributed by atoms with Gasteiger partial charge in [0.2, 0.25) is 5.88 Å². The molecule has 0 spiro atoms. The Labute approximate surface area is 120 Å². The lowest BCUT2D eigenvalue weighted by molar-refractivity contribution is 0.228. The first-order valence-electron chi connectivity index (χ1n) is 6.68. The number of ether oxygens (including phenoxy) is 1. The van der Waals surface area contributed by atoms with Crippen molar-refractivity contribution in [2.45, 2.75) is 32.2 Å². The van der Waals surface area contributed by atoms with Gasteiger partial charge in [-0.3, -0.25) is 0 Å². The fourth-order valence-electron chi connectivity index (χ4n) is 2.58. The molecule has 0 amide bonds. The Balaban J connectivity index is 1.96. The third kappa shape index (κ3) is 3.42. The van der Waals surface area contributed by atoms with Gasteiger partial charge in [-0.15, -0.1) is 0 Å². The molecule has 0 saturated carbocycles. The Hall–Kier alpha value is -1.20. The summed E-state index contributed by atoms with van der Waals surface area (Å²) < 4.78 is 5.78. The molecule has 104 valence electrons. The van der Waals surface area contributed by atoms with Gasteiger partial charge in [-0.1, -0.05) is 12.2 Å².